The average molecular weight is 511 g/mol. The molecule has 0 fully saturated rings. The van der Waals surface area contributed by atoms with Gasteiger partial charge in [0.25, 0.3) is 0 Å². The zero-order chi connectivity index (χ0) is 28.5. The van der Waals surface area contributed by atoms with E-state index in [0.717, 1.165) is 0 Å². The minimum absolute atomic E-state index is 0.0721. The molecule has 0 aliphatic rings. The highest BCUT2D eigenvalue weighted by Gasteiger charge is 2.40. The molecule has 0 radical (unpaired) electrons. The molecule has 0 spiro atoms. The van der Waals surface area contributed by atoms with Crippen molar-refractivity contribution in [3.8, 4) is 12.3 Å². The number of nitrogens with one attached hydrogen (secondary N) is 2. The zero-order valence-electron chi connectivity index (χ0n) is 23.2. The number of carbonyl (C=O) groups is 5. The van der Waals surface area contributed by atoms with E-state index in [1.807, 2.05) is 0 Å². The van der Waals surface area contributed by atoms with Gasteiger partial charge >= 0.3 is 11.9 Å². The fraction of sp³-hybridized carbons (Fsp3) is 0.731. The number of terminal acetylenes is 1. The maximum absolute atomic E-state index is 13.2. The third kappa shape index (κ3) is 11.2. The number of rotatable bonds is 13. The van der Waals surface area contributed by atoms with Gasteiger partial charge in [0.15, 0.2) is 5.78 Å². The van der Waals surface area contributed by atoms with Crippen molar-refractivity contribution >= 4 is 29.5 Å². The van der Waals surface area contributed by atoms with Crippen molar-refractivity contribution in [3.05, 3.63) is 0 Å². The van der Waals surface area contributed by atoms with Crippen molar-refractivity contribution in [2.45, 2.75) is 91.8 Å². The zero-order valence-corrected chi connectivity index (χ0v) is 23.2. The standard InChI is InChI=1S/C26H42N2O8/c1-12-13-35-16-17(20(31)27-26(9,10)22(33)34-11)14-18(29)25(7,8)28-21(32)24(5,6)15-19(30)36-23(2,3)4/h1,17H,13-16H2,2-11H3,(H,27,31)(H,28,32)/t17-/m0/s1. The van der Waals surface area contributed by atoms with Crippen LogP contribution < -0.4 is 10.6 Å². The van der Waals surface area contributed by atoms with E-state index in [0.29, 0.717) is 0 Å². The smallest absolute Gasteiger partial charge is 0.330 e. The van der Waals surface area contributed by atoms with Gasteiger partial charge in [-0.25, -0.2) is 4.79 Å². The number of ketones is 1. The van der Waals surface area contributed by atoms with Crippen LogP contribution in [0.15, 0.2) is 0 Å². The summed E-state index contributed by atoms with van der Waals surface area (Å²) < 4.78 is 15.3. The lowest BCUT2D eigenvalue weighted by atomic mass is 9.85. The summed E-state index contributed by atoms with van der Waals surface area (Å²) in [5.74, 6) is -1.49. The monoisotopic (exact) mass is 510 g/mol. The van der Waals surface area contributed by atoms with Crippen LogP contribution in [-0.4, -0.2) is 66.5 Å². The molecule has 10 heteroatoms. The maximum Gasteiger partial charge on any atom is 0.330 e. The number of methoxy groups -OCH3 is 1. The molecule has 0 bridgehead atoms. The molecular weight excluding hydrogens is 468 g/mol. The molecule has 36 heavy (non-hydrogen) atoms. The lowest BCUT2D eigenvalue weighted by Crippen LogP contribution is -2.56. The molecule has 0 aliphatic heterocycles. The molecule has 1 atom stereocenters. The SMILES string of the molecule is C#CCOC[C@H](CC(=O)C(C)(C)NC(=O)C(C)(C)CC(=O)OC(C)(C)C)C(=O)NC(C)(C)C(=O)OC. The first kappa shape index (κ1) is 33.1. The van der Waals surface area contributed by atoms with Crippen molar-refractivity contribution < 1.29 is 38.2 Å². The summed E-state index contributed by atoms with van der Waals surface area (Å²) in [6, 6.07) is 0. The van der Waals surface area contributed by atoms with Crippen molar-refractivity contribution in [3.63, 3.8) is 0 Å². The Hall–Kier alpha value is -2.93. The summed E-state index contributed by atoms with van der Waals surface area (Å²) >= 11 is 0. The van der Waals surface area contributed by atoms with Crippen molar-refractivity contribution in [1.82, 2.24) is 10.6 Å². The highest BCUT2D eigenvalue weighted by Crippen LogP contribution is 2.25. The predicted octanol–water partition coefficient (Wildman–Crippen LogP) is 1.93. The topological polar surface area (TPSA) is 137 Å². The number of esters is 2. The number of hydrogen-bond acceptors (Lipinski definition) is 8. The summed E-state index contributed by atoms with van der Waals surface area (Å²) in [5.41, 5.74) is -4.56. The summed E-state index contributed by atoms with van der Waals surface area (Å²) in [7, 11) is 1.20. The third-order valence-electron chi connectivity index (χ3n) is 5.18. The lowest BCUT2D eigenvalue weighted by molar-refractivity contribution is -0.159. The van der Waals surface area contributed by atoms with Crippen LogP contribution in [-0.2, 0) is 38.2 Å². The Kier molecular flexibility index (Phi) is 11.8. The molecule has 2 amide bonds. The molecule has 0 saturated carbocycles. The van der Waals surface area contributed by atoms with E-state index < -0.39 is 57.5 Å². The molecule has 0 aromatic carbocycles. The maximum atomic E-state index is 13.2. The van der Waals surface area contributed by atoms with E-state index in [1.165, 1.54) is 34.8 Å². The van der Waals surface area contributed by atoms with Crippen LogP contribution in [0.2, 0.25) is 0 Å². The van der Waals surface area contributed by atoms with Gasteiger partial charge in [-0.1, -0.05) is 19.8 Å². The Balaban J connectivity index is 5.50. The van der Waals surface area contributed by atoms with Gasteiger partial charge in [-0.3, -0.25) is 19.2 Å². The van der Waals surface area contributed by atoms with Gasteiger partial charge < -0.3 is 24.8 Å². The second-order valence-electron chi connectivity index (χ2n) is 11.4. The van der Waals surface area contributed by atoms with Gasteiger partial charge in [-0.15, -0.1) is 6.42 Å². The largest absolute Gasteiger partial charge is 0.467 e. The quantitative estimate of drug-likeness (QED) is 0.218. The molecule has 2 N–H and O–H groups in total. The van der Waals surface area contributed by atoms with Crippen LogP contribution in [0, 0.1) is 23.7 Å². The van der Waals surface area contributed by atoms with E-state index >= 15 is 0 Å². The van der Waals surface area contributed by atoms with Crippen molar-refractivity contribution in [1.29, 1.82) is 0 Å². The predicted molar refractivity (Wildman–Crippen MR) is 133 cm³/mol. The molecule has 0 saturated heterocycles. The summed E-state index contributed by atoms with van der Waals surface area (Å²) in [4.78, 5) is 63.2. The highest BCUT2D eigenvalue weighted by molar-refractivity contribution is 5.97. The van der Waals surface area contributed by atoms with Gasteiger partial charge in [0.05, 0.1) is 37.0 Å². The van der Waals surface area contributed by atoms with Crippen LogP contribution in [0.1, 0.15) is 75.2 Å². The minimum Gasteiger partial charge on any atom is -0.467 e. The minimum atomic E-state index is -1.37. The highest BCUT2D eigenvalue weighted by atomic mass is 16.6. The molecule has 0 unspecified atom stereocenters. The van der Waals surface area contributed by atoms with E-state index in [2.05, 4.69) is 16.6 Å². The Morgan fingerprint density at radius 1 is 0.889 bits per heavy atom. The lowest BCUT2D eigenvalue weighted by Gasteiger charge is -2.32. The molecule has 0 heterocycles. The van der Waals surface area contributed by atoms with Crippen LogP contribution >= 0.6 is 0 Å². The average Bonchev–Trinajstić information content (AvgIpc) is 2.69. The summed E-state index contributed by atoms with van der Waals surface area (Å²) in [6.07, 6.45) is 4.72. The van der Waals surface area contributed by atoms with Gasteiger partial charge in [0, 0.05) is 6.42 Å². The molecule has 204 valence electrons. The van der Waals surface area contributed by atoms with Gasteiger partial charge in [-0.2, -0.15) is 0 Å². The summed E-state index contributed by atoms with van der Waals surface area (Å²) in [5, 5.41) is 5.24. The number of ether oxygens (including phenoxy) is 3. The molecule has 10 nitrogen and oxygen atoms in total. The van der Waals surface area contributed by atoms with Gasteiger partial charge in [-0.05, 0) is 48.5 Å². The van der Waals surface area contributed by atoms with Gasteiger partial charge in [0.2, 0.25) is 11.8 Å². The Labute approximate surface area is 214 Å². The van der Waals surface area contributed by atoms with Crippen molar-refractivity contribution in [2.24, 2.45) is 11.3 Å². The fourth-order valence-corrected chi connectivity index (χ4v) is 3.02. The number of amides is 2. The van der Waals surface area contributed by atoms with Crippen LogP contribution in [0.4, 0.5) is 0 Å². The van der Waals surface area contributed by atoms with Crippen LogP contribution in [0.5, 0.6) is 0 Å². The Morgan fingerprint density at radius 2 is 1.44 bits per heavy atom. The van der Waals surface area contributed by atoms with E-state index in [-0.39, 0.29) is 26.1 Å². The second-order valence-corrected chi connectivity index (χ2v) is 11.4. The molecular formula is C26H42N2O8. The van der Waals surface area contributed by atoms with E-state index in [9.17, 15) is 24.0 Å². The number of carbonyl (C=O) groups excluding carboxylic acids is 5. The molecule has 0 aromatic heterocycles. The fourth-order valence-electron chi connectivity index (χ4n) is 3.02. The molecule has 0 rings (SSSR count). The normalized spacial score (nSPS) is 13.1. The Morgan fingerprint density at radius 3 is 1.92 bits per heavy atom. The third-order valence-corrected chi connectivity index (χ3v) is 5.18. The van der Waals surface area contributed by atoms with Crippen LogP contribution in [0.25, 0.3) is 0 Å². The Bertz CT molecular complexity index is 875. The number of hydrogen-bond donors (Lipinski definition) is 2. The first-order valence-electron chi connectivity index (χ1n) is 11.7. The second kappa shape index (κ2) is 12.9. The first-order chi connectivity index (χ1) is 16.2. The number of Topliss-reactive ketones (excluding diaryl/α,β-unsaturated/α-hetero) is 1. The molecule has 0 aromatic rings. The van der Waals surface area contributed by atoms with E-state index in [1.54, 1.807) is 34.6 Å². The first-order valence-corrected chi connectivity index (χ1v) is 11.7. The summed E-state index contributed by atoms with van der Waals surface area (Å²) in [6.45, 7) is 14.0. The van der Waals surface area contributed by atoms with Crippen LogP contribution in [0.3, 0.4) is 0 Å². The van der Waals surface area contributed by atoms with E-state index in [4.69, 9.17) is 20.6 Å². The van der Waals surface area contributed by atoms with Crippen molar-refractivity contribution in [2.75, 3.05) is 20.3 Å². The molecule has 0 aliphatic carbocycles. The van der Waals surface area contributed by atoms with Gasteiger partial charge in [0.1, 0.15) is 17.7 Å².